The fourth-order valence-corrected chi connectivity index (χ4v) is 2.92. The van der Waals surface area contributed by atoms with Gasteiger partial charge in [-0.1, -0.05) is 43.7 Å². The Morgan fingerprint density at radius 1 is 1.43 bits per heavy atom. The van der Waals surface area contributed by atoms with E-state index in [0.717, 1.165) is 30.6 Å². The van der Waals surface area contributed by atoms with Crippen LogP contribution in [0.4, 0.5) is 0 Å². The normalized spacial score (nSPS) is 20.2. The number of nitrogens with one attached hydrogen (secondary N) is 1. The minimum absolute atomic E-state index is 0.0275. The highest BCUT2D eigenvalue weighted by Gasteiger charge is 2.29. The highest BCUT2D eigenvalue weighted by Crippen LogP contribution is 2.24. The number of amidine groups is 1. The molecule has 5 nitrogen and oxygen atoms in total. The lowest BCUT2D eigenvalue weighted by Crippen LogP contribution is -2.24. The third kappa shape index (κ3) is 4.32. The van der Waals surface area contributed by atoms with Crippen LogP contribution in [-0.4, -0.2) is 29.6 Å². The number of hydrogen-bond donors (Lipinski definition) is 1. The molecule has 1 saturated heterocycles. The van der Waals surface area contributed by atoms with E-state index in [2.05, 4.69) is 22.4 Å². The molecule has 21 heavy (non-hydrogen) atoms. The molecule has 0 radical (unpaired) electrons. The number of amides is 1. The summed E-state index contributed by atoms with van der Waals surface area (Å²) in [6.45, 7) is 2.12. The largest absolute Gasteiger partial charge is 0.496 e. The lowest BCUT2D eigenvalue weighted by molar-refractivity contribution is -0.118. The molecule has 0 aromatic heterocycles. The third-order valence-electron chi connectivity index (χ3n) is 3.08. The van der Waals surface area contributed by atoms with Gasteiger partial charge in [-0.05, 0) is 18.6 Å². The summed E-state index contributed by atoms with van der Waals surface area (Å²) in [4.78, 5) is 11.7. The van der Waals surface area contributed by atoms with E-state index in [0.29, 0.717) is 5.17 Å². The molecule has 1 aliphatic rings. The molecule has 0 saturated carbocycles. The minimum Gasteiger partial charge on any atom is -0.496 e. The number of thioether (sulfide) groups is 1. The van der Waals surface area contributed by atoms with Crippen molar-refractivity contribution in [3.8, 4) is 5.75 Å². The molecule has 0 aliphatic carbocycles. The van der Waals surface area contributed by atoms with Crippen LogP contribution in [0.3, 0.4) is 0 Å². The fraction of sp³-hybridized carbons (Fsp3) is 0.400. The highest BCUT2D eigenvalue weighted by atomic mass is 32.2. The van der Waals surface area contributed by atoms with Gasteiger partial charge in [0.15, 0.2) is 5.17 Å². The first kappa shape index (κ1) is 15.6. The Morgan fingerprint density at radius 3 is 3.00 bits per heavy atom. The summed E-state index contributed by atoms with van der Waals surface area (Å²) in [5.41, 5.74) is 0.848. The van der Waals surface area contributed by atoms with Gasteiger partial charge in [-0.2, -0.15) is 5.10 Å². The number of benzene rings is 1. The Bertz CT molecular complexity index is 558. The van der Waals surface area contributed by atoms with Crippen LogP contribution in [-0.2, 0) is 4.79 Å². The maximum absolute atomic E-state index is 11.7. The summed E-state index contributed by atoms with van der Waals surface area (Å²) in [6.07, 6.45) is 4.63. The monoisotopic (exact) mass is 305 g/mol. The van der Waals surface area contributed by atoms with E-state index in [1.807, 2.05) is 24.3 Å². The standard InChI is InChI=1S/C15H19N3O2S/c1-3-4-9-13-14(19)17-15(21-13)18-16-10-11-7-5-6-8-12(11)20-2/h5-8,10,13H,3-4,9H2,1-2H3,(H,17,18,19)/b16-10-/t13-/m1/s1. The second-order valence-electron chi connectivity index (χ2n) is 4.63. The van der Waals surface area contributed by atoms with E-state index in [4.69, 9.17) is 4.74 Å². The minimum atomic E-state index is -0.0369. The number of hydrogen-bond acceptors (Lipinski definition) is 5. The van der Waals surface area contributed by atoms with Crippen molar-refractivity contribution in [3.05, 3.63) is 29.8 Å². The van der Waals surface area contributed by atoms with Crippen LogP contribution in [0.5, 0.6) is 5.75 Å². The van der Waals surface area contributed by atoms with Gasteiger partial charge in [0, 0.05) is 5.56 Å². The van der Waals surface area contributed by atoms with Crippen LogP contribution in [0.2, 0.25) is 0 Å². The lowest BCUT2D eigenvalue weighted by Gasteiger charge is -2.02. The molecule has 1 heterocycles. The highest BCUT2D eigenvalue weighted by molar-refractivity contribution is 8.15. The van der Waals surface area contributed by atoms with Crippen molar-refractivity contribution in [1.29, 1.82) is 0 Å². The molecule has 1 aromatic rings. The molecule has 1 amide bonds. The molecule has 112 valence electrons. The number of methoxy groups -OCH3 is 1. The number of rotatable bonds is 6. The van der Waals surface area contributed by atoms with Crippen molar-refractivity contribution in [3.63, 3.8) is 0 Å². The maximum Gasteiger partial charge on any atom is 0.239 e. The maximum atomic E-state index is 11.7. The molecular weight excluding hydrogens is 286 g/mol. The van der Waals surface area contributed by atoms with Crippen molar-refractivity contribution in [2.45, 2.75) is 31.4 Å². The summed E-state index contributed by atoms with van der Waals surface area (Å²) in [5.74, 6) is 0.769. The van der Waals surface area contributed by atoms with Crippen LogP contribution in [0.15, 0.2) is 34.5 Å². The van der Waals surface area contributed by atoms with Gasteiger partial charge in [0.1, 0.15) is 5.75 Å². The fourth-order valence-electron chi connectivity index (χ4n) is 1.95. The molecule has 1 N–H and O–H groups in total. The number of para-hydroxylation sites is 1. The number of unbranched alkanes of at least 4 members (excludes halogenated alkanes) is 1. The zero-order chi connectivity index (χ0) is 15.1. The summed E-state index contributed by atoms with van der Waals surface area (Å²) in [5, 5.41) is 11.4. The van der Waals surface area contributed by atoms with E-state index in [9.17, 15) is 4.79 Å². The first-order valence-corrected chi connectivity index (χ1v) is 7.84. The smallest absolute Gasteiger partial charge is 0.239 e. The summed E-state index contributed by atoms with van der Waals surface area (Å²) in [6, 6.07) is 7.56. The van der Waals surface area contributed by atoms with E-state index < -0.39 is 0 Å². The number of carbonyl (C=O) groups excluding carboxylic acids is 1. The molecule has 0 spiro atoms. The molecule has 1 fully saturated rings. The molecule has 2 rings (SSSR count). The number of carbonyl (C=O) groups is 1. The van der Waals surface area contributed by atoms with E-state index in [1.54, 1.807) is 13.3 Å². The molecular formula is C15H19N3O2S. The van der Waals surface area contributed by atoms with E-state index in [-0.39, 0.29) is 11.2 Å². The van der Waals surface area contributed by atoms with E-state index in [1.165, 1.54) is 11.8 Å². The quantitative estimate of drug-likeness (QED) is 0.649. The van der Waals surface area contributed by atoms with Gasteiger partial charge in [0.05, 0.1) is 18.6 Å². The summed E-state index contributed by atoms with van der Waals surface area (Å²) < 4.78 is 5.23. The van der Waals surface area contributed by atoms with Crippen molar-refractivity contribution in [2.75, 3.05) is 7.11 Å². The Morgan fingerprint density at radius 2 is 2.24 bits per heavy atom. The molecule has 6 heteroatoms. The number of ether oxygens (including phenoxy) is 1. The van der Waals surface area contributed by atoms with Gasteiger partial charge in [-0.15, -0.1) is 5.10 Å². The van der Waals surface area contributed by atoms with Crippen LogP contribution in [0, 0.1) is 0 Å². The summed E-state index contributed by atoms with van der Waals surface area (Å²) >= 11 is 1.45. The van der Waals surface area contributed by atoms with Crippen molar-refractivity contribution < 1.29 is 9.53 Å². The van der Waals surface area contributed by atoms with Crippen LogP contribution in [0.25, 0.3) is 0 Å². The predicted molar refractivity (Wildman–Crippen MR) is 87.1 cm³/mol. The molecule has 0 bridgehead atoms. The molecule has 0 unspecified atom stereocenters. The molecule has 1 atom stereocenters. The van der Waals surface area contributed by atoms with Crippen LogP contribution >= 0.6 is 11.8 Å². The van der Waals surface area contributed by atoms with Gasteiger partial charge in [-0.25, -0.2) is 0 Å². The van der Waals surface area contributed by atoms with Crippen molar-refractivity contribution >= 4 is 29.1 Å². The lowest BCUT2D eigenvalue weighted by atomic mass is 10.2. The Kier molecular flexibility index (Phi) is 5.80. The number of nitrogens with zero attached hydrogens (tertiary/aromatic N) is 2. The second-order valence-corrected chi connectivity index (χ2v) is 5.82. The predicted octanol–water partition coefficient (Wildman–Crippen LogP) is 2.81. The van der Waals surface area contributed by atoms with Gasteiger partial charge >= 0.3 is 0 Å². The van der Waals surface area contributed by atoms with Gasteiger partial charge < -0.3 is 10.1 Å². The average Bonchev–Trinajstić information content (AvgIpc) is 2.85. The summed E-state index contributed by atoms with van der Waals surface area (Å²) in [7, 11) is 1.62. The first-order valence-electron chi connectivity index (χ1n) is 6.96. The SMILES string of the molecule is CCCC[C@H]1S/C(=N\N=C/c2ccccc2OC)NC1=O. The molecule has 1 aromatic carbocycles. The average molecular weight is 305 g/mol. The zero-order valence-electron chi connectivity index (χ0n) is 12.2. The topological polar surface area (TPSA) is 63.1 Å². The van der Waals surface area contributed by atoms with Crippen LogP contribution < -0.4 is 10.1 Å². The Labute approximate surface area is 128 Å². The zero-order valence-corrected chi connectivity index (χ0v) is 13.0. The molecule has 1 aliphatic heterocycles. The van der Waals surface area contributed by atoms with Gasteiger partial charge in [0.25, 0.3) is 0 Å². The third-order valence-corrected chi connectivity index (χ3v) is 4.22. The second kappa shape index (κ2) is 7.83. The van der Waals surface area contributed by atoms with Crippen LogP contribution in [0.1, 0.15) is 31.7 Å². The Balaban J connectivity index is 1.98. The van der Waals surface area contributed by atoms with Gasteiger partial charge in [-0.3, -0.25) is 4.79 Å². The van der Waals surface area contributed by atoms with Crippen molar-refractivity contribution in [1.82, 2.24) is 5.32 Å². The van der Waals surface area contributed by atoms with E-state index >= 15 is 0 Å². The Hall–Kier alpha value is -1.82. The van der Waals surface area contributed by atoms with Crippen molar-refractivity contribution in [2.24, 2.45) is 10.2 Å². The first-order chi connectivity index (χ1) is 10.2. The van der Waals surface area contributed by atoms with Gasteiger partial charge in [0.2, 0.25) is 5.91 Å².